The predicted octanol–water partition coefficient (Wildman–Crippen LogP) is 3.69. The Morgan fingerprint density at radius 2 is 2.22 bits per heavy atom. The average Bonchev–Trinajstić information content (AvgIpc) is 2.79. The summed E-state index contributed by atoms with van der Waals surface area (Å²) in [6, 6.07) is 8.06. The lowest BCUT2D eigenvalue weighted by molar-refractivity contribution is -0.132. The molecule has 0 N–H and O–H groups in total. The average molecular weight is 328 g/mol. The van der Waals surface area contributed by atoms with Crippen LogP contribution in [0.1, 0.15) is 25.3 Å². The van der Waals surface area contributed by atoms with E-state index in [0.717, 1.165) is 28.6 Å². The maximum Gasteiger partial charge on any atom is 0.238 e. The number of hydrogen-bond donors (Lipinski definition) is 0. The lowest BCUT2D eigenvalue weighted by Crippen LogP contribution is -2.41. The Bertz CT molecular complexity index is 443. The molecule has 0 spiro atoms. The zero-order chi connectivity index (χ0) is 13.2. The molecule has 4 heteroatoms. The molecule has 1 unspecified atom stereocenters. The van der Waals surface area contributed by atoms with Crippen LogP contribution in [0.4, 0.5) is 0 Å². The van der Waals surface area contributed by atoms with Crippen molar-refractivity contribution in [1.29, 1.82) is 0 Å². The number of carbonyl (C=O) groups is 1. The van der Waals surface area contributed by atoms with Crippen molar-refractivity contribution < 1.29 is 4.79 Å². The Kier molecular flexibility index (Phi) is 4.38. The molecule has 0 radical (unpaired) electrons. The van der Waals surface area contributed by atoms with Crippen LogP contribution >= 0.6 is 27.7 Å². The zero-order valence-corrected chi connectivity index (χ0v) is 13.2. The van der Waals surface area contributed by atoms with Crippen LogP contribution in [0.15, 0.2) is 28.7 Å². The number of thioether (sulfide) groups is 1. The molecule has 0 aliphatic carbocycles. The van der Waals surface area contributed by atoms with E-state index in [1.165, 1.54) is 0 Å². The Labute approximate surface area is 121 Å². The third-order valence-electron chi connectivity index (χ3n) is 3.38. The SMILES string of the molecule is CN(Cc1ccccc1Br)C(=O)C1(C)CCCS1. The van der Waals surface area contributed by atoms with Gasteiger partial charge in [-0.3, -0.25) is 4.79 Å². The lowest BCUT2D eigenvalue weighted by Gasteiger charge is -2.28. The number of rotatable bonds is 3. The molecule has 1 aliphatic rings. The van der Waals surface area contributed by atoms with Gasteiger partial charge in [-0.1, -0.05) is 34.1 Å². The van der Waals surface area contributed by atoms with Crippen molar-refractivity contribution in [2.75, 3.05) is 12.8 Å². The van der Waals surface area contributed by atoms with Crippen LogP contribution in [0.5, 0.6) is 0 Å². The van der Waals surface area contributed by atoms with E-state index < -0.39 is 0 Å². The Balaban J connectivity index is 2.06. The monoisotopic (exact) mass is 327 g/mol. The Morgan fingerprint density at radius 3 is 2.83 bits per heavy atom. The van der Waals surface area contributed by atoms with Crippen LogP contribution in [0.3, 0.4) is 0 Å². The summed E-state index contributed by atoms with van der Waals surface area (Å²) in [4.78, 5) is 14.3. The van der Waals surface area contributed by atoms with Gasteiger partial charge >= 0.3 is 0 Å². The van der Waals surface area contributed by atoms with Crippen molar-refractivity contribution >= 4 is 33.6 Å². The molecule has 1 saturated heterocycles. The van der Waals surface area contributed by atoms with Gasteiger partial charge in [0.25, 0.3) is 0 Å². The second kappa shape index (κ2) is 5.66. The van der Waals surface area contributed by atoms with Gasteiger partial charge in [0.2, 0.25) is 5.91 Å². The van der Waals surface area contributed by atoms with Crippen molar-refractivity contribution in [3.05, 3.63) is 34.3 Å². The molecule has 1 fully saturated rings. The Morgan fingerprint density at radius 1 is 1.50 bits per heavy atom. The van der Waals surface area contributed by atoms with Gasteiger partial charge in [-0.15, -0.1) is 11.8 Å². The topological polar surface area (TPSA) is 20.3 Å². The summed E-state index contributed by atoms with van der Waals surface area (Å²) < 4.78 is 0.851. The quantitative estimate of drug-likeness (QED) is 0.843. The molecule has 1 amide bonds. The molecular formula is C14H18BrNOS. The minimum Gasteiger partial charge on any atom is -0.340 e. The zero-order valence-electron chi connectivity index (χ0n) is 10.8. The van der Waals surface area contributed by atoms with Crippen LogP contribution in [-0.2, 0) is 11.3 Å². The molecule has 18 heavy (non-hydrogen) atoms. The highest BCUT2D eigenvalue weighted by atomic mass is 79.9. The van der Waals surface area contributed by atoms with Gasteiger partial charge in [-0.2, -0.15) is 0 Å². The van der Waals surface area contributed by atoms with E-state index in [1.807, 2.05) is 30.1 Å². The minimum atomic E-state index is -0.212. The van der Waals surface area contributed by atoms with Crippen LogP contribution in [0, 0.1) is 0 Å². The van der Waals surface area contributed by atoms with Crippen LogP contribution < -0.4 is 0 Å². The fraction of sp³-hybridized carbons (Fsp3) is 0.500. The molecule has 0 saturated carbocycles. The van der Waals surface area contributed by atoms with E-state index in [0.29, 0.717) is 6.54 Å². The number of nitrogens with zero attached hydrogens (tertiary/aromatic N) is 1. The third-order valence-corrected chi connectivity index (χ3v) is 5.67. The van der Waals surface area contributed by atoms with Crippen LogP contribution in [-0.4, -0.2) is 28.4 Å². The van der Waals surface area contributed by atoms with Gasteiger partial charge in [0, 0.05) is 18.1 Å². The number of amides is 1. The smallest absolute Gasteiger partial charge is 0.238 e. The van der Waals surface area contributed by atoms with Crippen molar-refractivity contribution in [1.82, 2.24) is 4.90 Å². The number of carbonyl (C=O) groups excluding carboxylic acids is 1. The van der Waals surface area contributed by atoms with Crippen molar-refractivity contribution in [3.8, 4) is 0 Å². The molecule has 2 rings (SSSR count). The fourth-order valence-electron chi connectivity index (χ4n) is 2.31. The molecule has 1 aliphatic heterocycles. The van der Waals surface area contributed by atoms with E-state index in [4.69, 9.17) is 0 Å². The summed E-state index contributed by atoms with van der Waals surface area (Å²) in [7, 11) is 1.89. The third kappa shape index (κ3) is 2.91. The first-order valence-corrected chi connectivity index (χ1v) is 7.94. The first-order chi connectivity index (χ1) is 8.53. The summed E-state index contributed by atoms with van der Waals surface area (Å²) >= 11 is 5.32. The van der Waals surface area contributed by atoms with Gasteiger partial charge in [0.1, 0.15) is 0 Å². The number of benzene rings is 1. The second-order valence-electron chi connectivity index (χ2n) is 4.94. The molecule has 1 heterocycles. The molecular weight excluding hydrogens is 310 g/mol. The van der Waals surface area contributed by atoms with Gasteiger partial charge in [0.15, 0.2) is 0 Å². The van der Waals surface area contributed by atoms with E-state index in [9.17, 15) is 4.79 Å². The van der Waals surface area contributed by atoms with E-state index >= 15 is 0 Å². The number of halogens is 1. The predicted molar refractivity (Wildman–Crippen MR) is 80.7 cm³/mol. The van der Waals surface area contributed by atoms with Crippen molar-refractivity contribution in [3.63, 3.8) is 0 Å². The summed E-state index contributed by atoms with van der Waals surface area (Å²) in [5, 5.41) is 0. The largest absolute Gasteiger partial charge is 0.340 e. The molecule has 1 atom stereocenters. The van der Waals surface area contributed by atoms with Gasteiger partial charge in [-0.05, 0) is 37.1 Å². The maximum absolute atomic E-state index is 12.5. The summed E-state index contributed by atoms with van der Waals surface area (Å²) in [6.07, 6.45) is 2.15. The van der Waals surface area contributed by atoms with Crippen LogP contribution in [0.2, 0.25) is 0 Å². The van der Waals surface area contributed by atoms with E-state index in [-0.39, 0.29) is 10.7 Å². The van der Waals surface area contributed by atoms with Crippen LogP contribution in [0.25, 0.3) is 0 Å². The summed E-state index contributed by atoms with van der Waals surface area (Å²) in [6.45, 7) is 2.74. The second-order valence-corrected chi connectivity index (χ2v) is 7.39. The van der Waals surface area contributed by atoms with E-state index in [1.54, 1.807) is 11.8 Å². The Hall–Kier alpha value is -0.480. The fourth-order valence-corrected chi connectivity index (χ4v) is 4.02. The number of hydrogen-bond acceptors (Lipinski definition) is 2. The van der Waals surface area contributed by atoms with Crippen molar-refractivity contribution in [2.45, 2.75) is 31.1 Å². The summed E-state index contributed by atoms with van der Waals surface area (Å²) in [5.41, 5.74) is 1.15. The van der Waals surface area contributed by atoms with Crippen molar-refractivity contribution in [2.24, 2.45) is 0 Å². The molecule has 0 aromatic heterocycles. The first kappa shape index (κ1) is 13.9. The van der Waals surface area contributed by atoms with Gasteiger partial charge < -0.3 is 4.90 Å². The van der Waals surface area contributed by atoms with Gasteiger partial charge in [-0.25, -0.2) is 0 Å². The molecule has 1 aromatic carbocycles. The molecule has 2 nitrogen and oxygen atoms in total. The first-order valence-electron chi connectivity index (χ1n) is 6.16. The lowest BCUT2D eigenvalue weighted by atomic mass is 10.0. The maximum atomic E-state index is 12.5. The van der Waals surface area contributed by atoms with E-state index in [2.05, 4.69) is 28.9 Å². The van der Waals surface area contributed by atoms with Gasteiger partial charge in [0.05, 0.1) is 4.75 Å². The normalized spacial score (nSPS) is 23.1. The molecule has 0 bridgehead atoms. The molecule has 98 valence electrons. The highest BCUT2D eigenvalue weighted by Gasteiger charge is 2.38. The molecule has 1 aromatic rings. The minimum absolute atomic E-state index is 0.212. The highest BCUT2D eigenvalue weighted by Crippen LogP contribution is 2.39. The highest BCUT2D eigenvalue weighted by molar-refractivity contribution is 9.10. The standard InChI is InChI=1S/C14H18BrNOS/c1-14(8-5-9-18-14)13(17)16(2)10-11-6-3-4-7-12(11)15/h3-4,6-7H,5,8-10H2,1-2H3. The summed E-state index contributed by atoms with van der Waals surface area (Å²) in [5.74, 6) is 1.35.